The number of hydrogen-bond acceptors (Lipinski definition) is 5. The SMILES string of the molecule is C=C[C@]1(C)C=C2C(=O)C[C@@H]3[C@](C)(CCC[C@@]3(C)C(=O)OO[C@@H]3C[C@H]4C(C)(C)CCC[C@]4(C)c4cc(O)c(C(C)C)cc43)[C@H]2CC1. The van der Waals surface area contributed by atoms with Crippen LogP contribution in [-0.4, -0.2) is 16.9 Å². The number of aromatic hydroxyl groups is 1. The van der Waals surface area contributed by atoms with Crippen molar-refractivity contribution in [3.8, 4) is 5.75 Å². The average molecular weight is 617 g/mol. The summed E-state index contributed by atoms with van der Waals surface area (Å²) in [4.78, 5) is 40.2. The Balaban J connectivity index is 1.30. The molecule has 5 heteroatoms. The van der Waals surface area contributed by atoms with Gasteiger partial charge in [-0.1, -0.05) is 73.5 Å². The summed E-state index contributed by atoms with van der Waals surface area (Å²) in [6.45, 7) is 21.8. The molecule has 0 spiro atoms. The topological polar surface area (TPSA) is 72.8 Å². The first kappa shape index (κ1) is 32.5. The van der Waals surface area contributed by atoms with Gasteiger partial charge in [-0.2, -0.15) is 4.89 Å². The average Bonchev–Trinajstić information content (AvgIpc) is 2.97. The highest BCUT2D eigenvalue weighted by Gasteiger charge is 2.61. The van der Waals surface area contributed by atoms with Gasteiger partial charge >= 0.3 is 5.97 Å². The van der Waals surface area contributed by atoms with Gasteiger partial charge in [0.15, 0.2) is 5.78 Å². The molecule has 3 saturated carbocycles. The van der Waals surface area contributed by atoms with E-state index in [1.54, 1.807) is 0 Å². The molecule has 5 nitrogen and oxygen atoms in total. The van der Waals surface area contributed by atoms with Gasteiger partial charge in [0.1, 0.15) is 11.9 Å². The van der Waals surface area contributed by atoms with Gasteiger partial charge in [-0.05, 0) is 126 Å². The van der Waals surface area contributed by atoms with Crippen LogP contribution in [0.2, 0.25) is 0 Å². The Hall–Kier alpha value is -2.40. The van der Waals surface area contributed by atoms with Gasteiger partial charge < -0.3 is 5.11 Å². The zero-order valence-electron chi connectivity index (χ0n) is 29.1. The molecule has 5 aliphatic carbocycles. The van der Waals surface area contributed by atoms with E-state index in [1.807, 2.05) is 19.1 Å². The Labute approximate surface area is 271 Å². The predicted molar refractivity (Wildman–Crippen MR) is 177 cm³/mol. The summed E-state index contributed by atoms with van der Waals surface area (Å²) in [6.07, 6.45) is 12.8. The molecule has 8 atom stereocenters. The first-order valence-electron chi connectivity index (χ1n) is 17.6. The van der Waals surface area contributed by atoms with Crippen molar-refractivity contribution >= 4 is 11.8 Å². The third-order valence-corrected chi connectivity index (χ3v) is 14.0. The molecule has 0 aromatic heterocycles. The molecule has 1 N–H and O–H groups in total. The number of phenolic OH excluding ortho intramolecular Hbond substituents is 1. The molecular formula is C40H56O5. The molecule has 3 fully saturated rings. The van der Waals surface area contributed by atoms with E-state index in [-0.39, 0.29) is 51.2 Å². The van der Waals surface area contributed by atoms with E-state index in [9.17, 15) is 14.7 Å². The van der Waals surface area contributed by atoms with Crippen molar-refractivity contribution in [1.29, 1.82) is 0 Å². The first-order chi connectivity index (χ1) is 21.0. The predicted octanol–water partition coefficient (Wildman–Crippen LogP) is 9.83. The summed E-state index contributed by atoms with van der Waals surface area (Å²) in [5.41, 5.74) is 2.92. The molecule has 0 saturated heterocycles. The van der Waals surface area contributed by atoms with Gasteiger partial charge in [-0.15, -0.1) is 6.58 Å². The van der Waals surface area contributed by atoms with Gasteiger partial charge in [-0.3, -0.25) is 9.68 Å². The second kappa shape index (κ2) is 10.8. The maximum absolute atomic E-state index is 14.3. The van der Waals surface area contributed by atoms with Crippen LogP contribution in [-0.2, 0) is 24.8 Å². The molecule has 0 radical (unpaired) electrons. The third kappa shape index (κ3) is 4.97. The van der Waals surface area contributed by atoms with Crippen molar-refractivity contribution in [3.63, 3.8) is 0 Å². The molecule has 0 bridgehead atoms. The van der Waals surface area contributed by atoms with Crippen molar-refractivity contribution in [2.45, 2.75) is 137 Å². The standard InChI is InChI=1S/C40H56O5/c1-10-37(6)18-13-28-27(23-37)31(42)21-34-38(28,7)16-12-17-40(34,9)35(43)45-44-32-22-33-36(4,5)14-11-15-39(33,8)29-20-30(41)25(24(2)3)19-26(29)32/h10,19-20,23-24,28,32-34,41H,1,11-18,21-22H2,2-9H3/t28-,32+,33-,34+,37-,38+,39+,40+/m0/s1. The maximum Gasteiger partial charge on any atom is 0.348 e. The molecule has 5 aliphatic rings. The van der Waals surface area contributed by atoms with Crippen LogP contribution in [0.4, 0.5) is 0 Å². The fourth-order valence-electron chi connectivity index (χ4n) is 11.1. The van der Waals surface area contributed by atoms with E-state index < -0.39 is 11.5 Å². The van der Waals surface area contributed by atoms with Crippen LogP contribution in [0.25, 0.3) is 0 Å². The van der Waals surface area contributed by atoms with Crippen molar-refractivity contribution in [1.82, 2.24) is 0 Å². The van der Waals surface area contributed by atoms with Crippen LogP contribution in [0.5, 0.6) is 5.75 Å². The molecule has 0 aliphatic heterocycles. The highest BCUT2D eigenvalue weighted by molar-refractivity contribution is 5.98. The molecule has 45 heavy (non-hydrogen) atoms. The number of Topliss-reactive ketones (excluding diaryl/α,β-unsaturated/α-hetero) is 1. The highest BCUT2D eigenvalue weighted by Crippen LogP contribution is 2.64. The smallest absolute Gasteiger partial charge is 0.348 e. The minimum Gasteiger partial charge on any atom is -0.508 e. The molecular weight excluding hydrogens is 560 g/mol. The lowest BCUT2D eigenvalue weighted by Crippen LogP contribution is -2.56. The number of fused-ring (bicyclic) bond motifs is 6. The number of benzene rings is 1. The zero-order chi connectivity index (χ0) is 32.7. The number of rotatable bonds is 5. The van der Waals surface area contributed by atoms with E-state index in [0.717, 1.165) is 73.6 Å². The van der Waals surface area contributed by atoms with Crippen LogP contribution in [0.15, 0.2) is 36.4 Å². The number of carbonyl (C=O) groups is 2. The molecule has 246 valence electrons. The molecule has 1 aromatic rings. The van der Waals surface area contributed by atoms with Crippen LogP contribution in [0.3, 0.4) is 0 Å². The maximum atomic E-state index is 14.3. The van der Waals surface area contributed by atoms with E-state index >= 15 is 0 Å². The number of carbonyl (C=O) groups excluding carboxylic acids is 2. The van der Waals surface area contributed by atoms with Gasteiger partial charge in [0.2, 0.25) is 0 Å². The monoisotopic (exact) mass is 616 g/mol. The number of allylic oxidation sites excluding steroid dienone is 3. The number of phenols is 1. The Bertz CT molecular complexity index is 1440. The Morgan fingerprint density at radius 2 is 1.71 bits per heavy atom. The van der Waals surface area contributed by atoms with Gasteiger partial charge in [0, 0.05) is 11.8 Å². The fraction of sp³-hybridized carbons (Fsp3) is 0.700. The molecule has 0 amide bonds. The van der Waals surface area contributed by atoms with Crippen molar-refractivity contribution in [2.75, 3.05) is 0 Å². The summed E-state index contributed by atoms with van der Waals surface area (Å²) < 4.78 is 0. The van der Waals surface area contributed by atoms with Gasteiger partial charge in [0.05, 0.1) is 5.41 Å². The minimum atomic E-state index is -0.804. The number of ketones is 1. The second-order valence-electron chi connectivity index (χ2n) is 17.5. The quantitative estimate of drug-likeness (QED) is 0.203. The van der Waals surface area contributed by atoms with Gasteiger partial charge in [0.25, 0.3) is 0 Å². The van der Waals surface area contributed by atoms with Crippen LogP contribution in [0, 0.1) is 39.4 Å². The number of hydrogen-bond donors (Lipinski definition) is 1. The van der Waals surface area contributed by atoms with Crippen LogP contribution < -0.4 is 0 Å². The molecule has 1 aromatic carbocycles. The van der Waals surface area contributed by atoms with E-state index in [4.69, 9.17) is 9.78 Å². The normalized spacial score (nSPS) is 40.4. The van der Waals surface area contributed by atoms with Gasteiger partial charge in [-0.25, -0.2) is 4.79 Å². The summed E-state index contributed by atoms with van der Waals surface area (Å²) >= 11 is 0. The molecule has 6 rings (SSSR count). The summed E-state index contributed by atoms with van der Waals surface area (Å²) in [5, 5.41) is 11.1. The second-order valence-corrected chi connectivity index (χ2v) is 17.5. The van der Waals surface area contributed by atoms with E-state index in [2.05, 4.69) is 67.2 Å². The Kier molecular flexibility index (Phi) is 7.83. The summed E-state index contributed by atoms with van der Waals surface area (Å²) in [5.74, 6) is 0.707. The van der Waals surface area contributed by atoms with E-state index in [1.165, 1.54) is 0 Å². The molecule has 0 heterocycles. The highest BCUT2D eigenvalue weighted by atomic mass is 17.2. The molecule has 0 unspecified atom stereocenters. The van der Waals surface area contributed by atoms with Crippen LogP contribution >= 0.6 is 0 Å². The Morgan fingerprint density at radius 1 is 1.00 bits per heavy atom. The zero-order valence-corrected chi connectivity index (χ0v) is 29.1. The van der Waals surface area contributed by atoms with E-state index in [0.29, 0.717) is 24.5 Å². The first-order valence-corrected chi connectivity index (χ1v) is 17.6. The van der Waals surface area contributed by atoms with Crippen molar-refractivity contribution in [3.05, 3.63) is 53.1 Å². The van der Waals surface area contributed by atoms with Crippen molar-refractivity contribution in [2.24, 2.45) is 39.4 Å². The largest absolute Gasteiger partial charge is 0.508 e. The van der Waals surface area contributed by atoms with Crippen LogP contribution in [0.1, 0.15) is 148 Å². The summed E-state index contributed by atoms with van der Waals surface area (Å²) in [6, 6.07) is 4.08. The van der Waals surface area contributed by atoms with Crippen molar-refractivity contribution < 1.29 is 24.5 Å². The lowest BCUT2D eigenvalue weighted by atomic mass is 9.45. The minimum absolute atomic E-state index is 0.0829. The fourth-order valence-corrected chi connectivity index (χ4v) is 11.1. The third-order valence-electron chi connectivity index (χ3n) is 14.0. The lowest BCUT2D eigenvalue weighted by molar-refractivity contribution is -0.318. The lowest BCUT2D eigenvalue weighted by Gasteiger charge is -2.58. The summed E-state index contributed by atoms with van der Waals surface area (Å²) in [7, 11) is 0. The Morgan fingerprint density at radius 3 is 2.40 bits per heavy atom.